The van der Waals surface area contributed by atoms with Gasteiger partial charge in [0.15, 0.2) is 5.69 Å². The highest BCUT2D eigenvalue weighted by molar-refractivity contribution is 5.93. The van der Waals surface area contributed by atoms with Crippen LogP contribution in [0.1, 0.15) is 10.5 Å². The second kappa shape index (κ2) is 3.91. The fourth-order valence-corrected chi connectivity index (χ4v) is 1.26. The summed E-state index contributed by atoms with van der Waals surface area (Å²) in [5, 5.41) is 0. The lowest BCUT2D eigenvalue weighted by atomic mass is 10.2. The summed E-state index contributed by atoms with van der Waals surface area (Å²) in [6, 6.07) is 3.64. The maximum Gasteiger partial charge on any atom is 0.359 e. The van der Waals surface area contributed by atoms with Gasteiger partial charge in [-0.1, -0.05) is 0 Å². The predicted molar refractivity (Wildman–Crippen MR) is 53.2 cm³/mol. The van der Waals surface area contributed by atoms with Gasteiger partial charge >= 0.3 is 5.97 Å². The van der Waals surface area contributed by atoms with E-state index in [2.05, 4.69) is 19.7 Å². The second-order valence-electron chi connectivity index (χ2n) is 2.83. The lowest BCUT2D eigenvalue weighted by Gasteiger charge is -2.03. The van der Waals surface area contributed by atoms with Crippen LogP contribution < -0.4 is 0 Å². The first kappa shape index (κ1) is 9.39. The van der Waals surface area contributed by atoms with Gasteiger partial charge in [0.1, 0.15) is 5.69 Å². The number of aromatic amines is 1. The van der Waals surface area contributed by atoms with E-state index in [1.807, 2.05) is 12.1 Å². The van der Waals surface area contributed by atoms with Crippen molar-refractivity contribution in [3.05, 3.63) is 36.4 Å². The molecule has 0 spiro atoms. The Hall–Kier alpha value is -2.17. The number of hydrogen-bond donors (Lipinski definition) is 1. The molecule has 0 bridgehead atoms. The van der Waals surface area contributed by atoms with Gasteiger partial charge in [-0.15, -0.1) is 0 Å². The predicted octanol–water partition coefficient (Wildman–Crippen LogP) is 1.26. The molecule has 0 aromatic carbocycles. The molecular formula is C10H9N3O2. The topological polar surface area (TPSA) is 67.9 Å². The first-order valence-electron chi connectivity index (χ1n) is 4.36. The molecule has 2 rings (SSSR count). The average Bonchev–Trinajstić information content (AvgIpc) is 2.81. The molecule has 0 saturated carbocycles. The maximum atomic E-state index is 11.4. The molecule has 5 heteroatoms. The van der Waals surface area contributed by atoms with Crippen molar-refractivity contribution < 1.29 is 9.53 Å². The highest BCUT2D eigenvalue weighted by atomic mass is 16.5. The zero-order valence-electron chi connectivity index (χ0n) is 8.10. The lowest BCUT2D eigenvalue weighted by molar-refractivity contribution is 0.0594. The molecule has 0 fully saturated rings. The molecule has 0 unspecified atom stereocenters. The van der Waals surface area contributed by atoms with Gasteiger partial charge in [0.25, 0.3) is 0 Å². The molecule has 2 aromatic rings. The number of methoxy groups -OCH3 is 1. The zero-order chi connectivity index (χ0) is 10.7. The van der Waals surface area contributed by atoms with Crippen LogP contribution in [0.3, 0.4) is 0 Å². The van der Waals surface area contributed by atoms with Crippen LogP contribution in [0.25, 0.3) is 11.4 Å². The molecule has 0 saturated heterocycles. The van der Waals surface area contributed by atoms with Gasteiger partial charge in [-0.05, 0) is 12.1 Å². The minimum Gasteiger partial charge on any atom is -0.464 e. The van der Waals surface area contributed by atoms with Crippen molar-refractivity contribution in [2.24, 2.45) is 0 Å². The van der Waals surface area contributed by atoms with E-state index in [0.717, 1.165) is 5.69 Å². The molecular weight excluding hydrogens is 194 g/mol. The summed E-state index contributed by atoms with van der Waals surface area (Å²) in [7, 11) is 1.31. The normalized spacial score (nSPS) is 9.93. The van der Waals surface area contributed by atoms with Crippen LogP contribution in [0, 0.1) is 0 Å². The van der Waals surface area contributed by atoms with Crippen LogP contribution in [0.5, 0.6) is 0 Å². The Labute approximate surface area is 86.1 Å². The second-order valence-corrected chi connectivity index (χ2v) is 2.83. The fraction of sp³-hybridized carbons (Fsp3) is 0.100. The molecule has 15 heavy (non-hydrogen) atoms. The van der Waals surface area contributed by atoms with Crippen molar-refractivity contribution in [3.8, 4) is 11.4 Å². The standard InChI is InChI=1S/C10H9N3O2/c1-15-10(14)9-8(12-5-6-13-9)7-3-2-4-11-7/h2-6,11H,1H3. The van der Waals surface area contributed by atoms with Gasteiger partial charge in [-0.3, -0.25) is 4.98 Å². The SMILES string of the molecule is COC(=O)c1nccnc1-c1ccc[nH]1. The Morgan fingerprint density at radius 2 is 2.20 bits per heavy atom. The molecule has 0 aliphatic rings. The number of carbonyl (C=O) groups excluding carboxylic acids is 1. The van der Waals surface area contributed by atoms with Crippen molar-refractivity contribution in [2.75, 3.05) is 7.11 Å². The summed E-state index contributed by atoms with van der Waals surface area (Å²) in [4.78, 5) is 22.4. The van der Waals surface area contributed by atoms with Gasteiger partial charge in [0, 0.05) is 18.6 Å². The summed E-state index contributed by atoms with van der Waals surface area (Å²) in [5.41, 5.74) is 1.44. The Morgan fingerprint density at radius 1 is 1.40 bits per heavy atom. The molecule has 2 heterocycles. The number of nitrogens with one attached hydrogen (secondary N) is 1. The molecule has 0 aliphatic carbocycles. The molecule has 0 amide bonds. The highest BCUT2D eigenvalue weighted by Crippen LogP contribution is 2.17. The molecule has 0 aliphatic heterocycles. The summed E-state index contributed by atoms with van der Waals surface area (Å²) in [6.07, 6.45) is 4.74. The fourth-order valence-electron chi connectivity index (χ4n) is 1.26. The van der Waals surface area contributed by atoms with E-state index >= 15 is 0 Å². The quantitative estimate of drug-likeness (QED) is 0.746. The molecule has 2 aromatic heterocycles. The van der Waals surface area contributed by atoms with Crippen LogP contribution in [0.4, 0.5) is 0 Å². The van der Waals surface area contributed by atoms with Crippen molar-refractivity contribution in [3.63, 3.8) is 0 Å². The maximum absolute atomic E-state index is 11.4. The molecule has 0 atom stereocenters. The number of aromatic nitrogens is 3. The van der Waals surface area contributed by atoms with Crippen molar-refractivity contribution in [1.29, 1.82) is 0 Å². The Kier molecular flexibility index (Phi) is 2.45. The third-order valence-electron chi connectivity index (χ3n) is 1.93. The average molecular weight is 203 g/mol. The van der Waals surface area contributed by atoms with Crippen molar-refractivity contribution in [1.82, 2.24) is 15.0 Å². The van der Waals surface area contributed by atoms with Gasteiger partial charge in [-0.2, -0.15) is 0 Å². The molecule has 76 valence electrons. The van der Waals surface area contributed by atoms with Crippen LogP contribution in [0.2, 0.25) is 0 Å². The summed E-state index contributed by atoms with van der Waals surface area (Å²) >= 11 is 0. The number of nitrogens with zero attached hydrogens (tertiary/aromatic N) is 2. The van der Waals surface area contributed by atoms with Crippen LogP contribution in [-0.2, 0) is 4.74 Å². The van der Waals surface area contributed by atoms with Gasteiger partial charge < -0.3 is 9.72 Å². The third kappa shape index (κ3) is 1.71. The Balaban J connectivity index is 2.52. The van der Waals surface area contributed by atoms with E-state index in [9.17, 15) is 4.79 Å². The van der Waals surface area contributed by atoms with E-state index in [1.54, 1.807) is 6.20 Å². The summed E-state index contributed by atoms with van der Waals surface area (Å²) < 4.78 is 4.62. The van der Waals surface area contributed by atoms with Crippen LogP contribution >= 0.6 is 0 Å². The smallest absolute Gasteiger partial charge is 0.359 e. The van der Waals surface area contributed by atoms with Crippen molar-refractivity contribution in [2.45, 2.75) is 0 Å². The minimum absolute atomic E-state index is 0.211. The van der Waals surface area contributed by atoms with Gasteiger partial charge in [0.2, 0.25) is 0 Å². The van der Waals surface area contributed by atoms with Gasteiger partial charge in [-0.25, -0.2) is 9.78 Å². The van der Waals surface area contributed by atoms with Crippen LogP contribution in [-0.4, -0.2) is 28.0 Å². The first-order chi connectivity index (χ1) is 7.33. The number of H-pyrrole nitrogens is 1. The van der Waals surface area contributed by atoms with E-state index in [4.69, 9.17) is 0 Å². The molecule has 1 N–H and O–H groups in total. The molecule has 5 nitrogen and oxygen atoms in total. The van der Waals surface area contributed by atoms with E-state index < -0.39 is 5.97 Å². The van der Waals surface area contributed by atoms with E-state index in [0.29, 0.717) is 5.69 Å². The molecule has 0 radical (unpaired) electrons. The first-order valence-corrected chi connectivity index (χ1v) is 4.36. The summed E-state index contributed by atoms with van der Waals surface area (Å²) in [5.74, 6) is -0.493. The lowest BCUT2D eigenvalue weighted by Crippen LogP contribution is -2.07. The summed E-state index contributed by atoms with van der Waals surface area (Å²) in [6.45, 7) is 0. The van der Waals surface area contributed by atoms with Gasteiger partial charge in [0.05, 0.1) is 12.8 Å². The Morgan fingerprint density at radius 3 is 2.87 bits per heavy atom. The van der Waals surface area contributed by atoms with Crippen molar-refractivity contribution >= 4 is 5.97 Å². The largest absolute Gasteiger partial charge is 0.464 e. The third-order valence-corrected chi connectivity index (χ3v) is 1.93. The zero-order valence-corrected chi connectivity index (χ0v) is 8.10. The minimum atomic E-state index is -0.493. The number of esters is 1. The number of ether oxygens (including phenoxy) is 1. The highest BCUT2D eigenvalue weighted by Gasteiger charge is 2.15. The number of rotatable bonds is 2. The van der Waals surface area contributed by atoms with E-state index in [-0.39, 0.29) is 5.69 Å². The number of carbonyl (C=O) groups is 1. The van der Waals surface area contributed by atoms with E-state index in [1.165, 1.54) is 19.5 Å². The monoisotopic (exact) mass is 203 g/mol. The Bertz CT molecular complexity index is 465. The number of hydrogen-bond acceptors (Lipinski definition) is 4. The van der Waals surface area contributed by atoms with Crippen LogP contribution in [0.15, 0.2) is 30.7 Å².